The molecule has 1 heterocycles. The van der Waals surface area contributed by atoms with Crippen molar-refractivity contribution in [1.29, 1.82) is 0 Å². The van der Waals surface area contributed by atoms with Gasteiger partial charge < -0.3 is 25.2 Å². The fourth-order valence-electron chi connectivity index (χ4n) is 1.08. The van der Waals surface area contributed by atoms with Crippen LogP contribution in [0.5, 0.6) is 0 Å². The maximum absolute atomic E-state index is 9.23. The van der Waals surface area contributed by atoms with E-state index in [0.29, 0.717) is 0 Å². The summed E-state index contributed by atoms with van der Waals surface area (Å²) < 4.78 is 4.75. The summed E-state index contributed by atoms with van der Waals surface area (Å²) in [5.41, 5.74) is 0. The molecule has 1 aliphatic heterocycles. The standard InChI is InChI=1S/C6H12O5S/c7-3-2(1-12)11-6(10)5(9)4(3)8/h2-10,12H,1H2/t2-,3+,4+,5-,6-/m1/s1. The van der Waals surface area contributed by atoms with E-state index in [0.717, 1.165) is 0 Å². The second kappa shape index (κ2) is 3.91. The second-order valence-corrected chi connectivity index (χ2v) is 3.08. The van der Waals surface area contributed by atoms with Crippen molar-refractivity contribution < 1.29 is 25.2 Å². The number of aliphatic hydroxyl groups excluding tert-OH is 4. The van der Waals surface area contributed by atoms with Crippen molar-refractivity contribution in [1.82, 2.24) is 0 Å². The number of aliphatic hydroxyl groups is 4. The van der Waals surface area contributed by atoms with Gasteiger partial charge in [0, 0.05) is 5.75 Å². The van der Waals surface area contributed by atoms with Gasteiger partial charge in [-0.05, 0) is 0 Å². The Kier molecular flexibility index (Phi) is 3.33. The van der Waals surface area contributed by atoms with Crippen molar-refractivity contribution in [3.63, 3.8) is 0 Å². The van der Waals surface area contributed by atoms with E-state index in [9.17, 15) is 5.11 Å². The van der Waals surface area contributed by atoms with Crippen LogP contribution < -0.4 is 0 Å². The van der Waals surface area contributed by atoms with Crippen LogP contribution in [-0.2, 0) is 4.74 Å². The summed E-state index contributed by atoms with van der Waals surface area (Å²) in [7, 11) is 0. The zero-order valence-corrected chi connectivity index (χ0v) is 7.13. The van der Waals surface area contributed by atoms with Gasteiger partial charge in [0.1, 0.15) is 18.3 Å². The molecule has 72 valence electrons. The molecule has 0 aromatic heterocycles. The molecule has 1 aliphatic rings. The molecule has 0 unspecified atom stereocenters. The topological polar surface area (TPSA) is 90.2 Å². The third-order valence-electron chi connectivity index (χ3n) is 1.87. The Morgan fingerprint density at radius 3 is 2.08 bits per heavy atom. The summed E-state index contributed by atoms with van der Waals surface area (Å²) in [6, 6.07) is 0. The van der Waals surface area contributed by atoms with Crippen molar-refractivity contribution in [2.75, 3.05) is 5.75 Å². The minimum atomic E-state index is -1.46. The van der Waals surface area contributed by atoms with Crippen molar-refractivity contribution in [3.05, 3.63) is 0 Å². The lowest BCUT2D eigenvalue weighted by atomic mass is 10.0. The van der Waals surface area contributed by atoms with Crippen LogP contribution in [0.15, 0.2) is 0 Å². The quantitative estimate of drug-likeness (QED) is 0.305. The molecule has 0 aromatic carbocycles. The fraction of sp³-hybridized carbons (Fsp3) is 1.00. The highest BCUT2D eigenvalue weighted by atomic mass is 32.1. The Morgan fingerprint density at radius 2 is 1.58 bits per heavy atom. The summed E-state index contributed by atoms with van der Waals surface area (Å²) in [6.07, 6.45) is -6.26. The summed E-state index contributed by atoms with van der Waals surface area (Å²) in [4.78, 5) is 0. The molecule has 1 saturated heterocycles. The molecule has 1 fully saturated rings. The summed E-state index contributed by atoms with van der Waals surface area (Å²) in [5, 5.41) is 36.4. The number of hydrogen-bond acceptors (Lipinski definition) is 6. The van der Waals surface area contributed by atoms with E-state index >= 15 is 0 Å². The van der Waals surface area contributed by atoms with Gasteiger partial charge in [-0.1, -0.05) is 0 Å². The first kappa shape index (κ1) is 10.2. The minimum Gasteiger partial charge on any atom is -0.388 e. The molecule has 0 amide bonds. The van der Waals surface area contributed by atoms with E-state index in [1.807, 2.05) is 0 Å². The summed E-state index contributed by atoms with van der Waals surface area (Å²) >= 11 is 3.84. The third-order valence-corrected chi connectivity index (χ3v) is 2.23. The largest absolute Gasteiger partial charge is 0.388 e. The third kappa shape index (κ3) is 1.73. The van der Waals surface area contributed by atoms with Crippen LogP contribution in [0.25, 0.3) is 0 Å². The Labute approximate surface area is 75.0 Å². The molecule has 4 N–H and O–H groups in total. The lowest BCUT2D eigenvalue weighted by Gasteiger charge is -2.37. The van der Waals surface area contributed by atoms with Gasteiger partial charge in [-0.25, -0.2) is 0 Å². The molecule has 12 heavy (non-hydrogen) atoms. The zero-order chi connectivity index (χ0) is 9.30. The van der Waals surface area contributed by atoms with Crippen LogP contribution in [0.2, 0.25) is 0 Å². The van der Waals surface area contributed by atoms with Gasteiger partial charge in [0.25, 0.3) is 0 Å². The highest BCUT2D eigenvalue weighted by Crippen LogP contribution is 2.20. The molecule has 0 spiro atoms. The van der Waals surface area contributed by atoms with Gasteiger partial charge in [0.15, 0.2) is 6.29 Å². The summed E-state index contributed by atoms with van der Waals surface area (Å²) in [6.45, 7) is 0. The van der Waals surface area contributed by atoms with Gasteiger partial charge in [-0.2, -0.15) is 12.6 Å². The highest BCUT2D eigenvalue weighted by molar-refractivity contribution is 7.80. The normalized spacial score (nSPS) is 49.2. The zero-order valence-electron chi connectivity index (χ0n) is 6.24. The fourth-order valence-corrected chi connectivity index (χ4v) is 1.38. The van der Waals surface area contributed by atoms with Crippen molar-refractivity contribution in [2.45, 2.75) is 30.7 Å². The van der Waals surface area contributed by atoms with Crippen LogP contribution >= 0.6 is 12.6 Å². The molecule has 0 saturated carbocycles. The van der Waals surface area contributed by atoms with E-state index < -0.39 is 30.7 Å². The number of ether oxygens (including phenoxy) is 1. The van der Waals surface area contributed by atoms with Crippen LogP contribution in [-0.4, -0.2) is 56.9 Å². The first-order valence-corrected chi connectivity index (χ1v) is 4.19. The first-order valence-electron chi connectivity index (χ1n) is 3.56. The van der Waals surface area contributed by atoms with E-state index in [2.05, 4.69) is 12.6 Å². The monoisotopic (exact) mass is 196 g/mol. The number of rotatable bonds is 1. The van der Waals surface area contributed by atoms with Gasteiger partial charge in [0.05, 0.1) is 6.10 Å². The van der Waals surface area contributed by atoms with Gasteiger partial charge in [-0.15, -0.1) is 0 Å². The van der Waals surface area contributed by atoms with Gasteiger partial charge >= 0.3 is 0 Å². The first-order chi connectivity index (χ1) is 5.57. The molecule has 0 bridgehead atoms. The van der Waals surface area contributed by atoms with Crippen LogP contribution in [0, 0.1) is 0 Å². The predicted octanol–water partition coefficient (Wildman–Crippen LogP) is -2.28. The smallest absolute Gasteiger partial charge is 0.183 e. The Balaban J connectivity index is 2.63. The van der Waals surface area contributed by atoms with Crippen molar-refractivity contribution in [2.24, 2.45) is 0 Å². The average Bonchev–Trinajstić information content (AvgIpc) is 2.08. The van der Waals surface area contributed by atoms with E-state index in [4.69, 9.17) is 20.1 Å². The number of hydrogen-bond donors (Lipinski definition) is 5. The van der Waals surface area contributed by atoms with Crippen molar-refractivity contribution in [3.8, 4) is 0 Å². The average molecular weight is 196 g/mol. The molecule has 5 nitrogen and oxygen atoms in total. The molecule has 1 rings (SSSR count). The van der Waals surface area contributed by atoms with E-state index in [-0.39, 0.29) is 5.75 Å². The Morgan fingerprint density at radius 1 is 1.00 bits per heavy atom. The molecular formula is C6H12O5S. The molecule has 0 radical (unpaired) electrons. The maximum Gasteiger partial charge on any atom is 0.183 e. The van der Waals surface area contributed by atoms with Crippen molar-refractivity contribution >= 4 is 12.6 Å². The summed E-state index contributed by atoms with van der Waals surface area (Å²) in [5.74, 6) is 0.169. The SMILES string of the molecule is O[C@@H]1[C@@H](O)[C@H](O)O[C@H](CS)[C@@H]1O. The second-order valence-electron chi connectivity index (χ2n) is 2.72. The molecule has 0 aromatic rings. The van der Waals surface area contributed by atoms with E-state index in [1.54, 1.807) is 0 Å². The van der Waals surface area contributed by atoms with Crippen LogP contribution in [0.3, 0.4) is 0 Å². The van der Waals surface area contributed by atoms with E-state index in [1.165, 1.54) is 0 Å². The van der Waals surface area contributed by atoms with Gasteiger partial charge in [-0.3, -0.25) is 0 Å². The minimum absolute atomic E-state index is 0.169. The number of thiol groups is 1. The molecule has 6 heteroatoms. The van der Waals surface area contributed by atoms with Gasteiger partial charge in [0.2, 0.25) is 0 Å². The predicted molar refractivity (Wildman–Crippen MR) is 42.8 cm³/mol. The lowest BCUT2D eigenvalue weighted by Crippen LogP contribution is -2.57. The van der Waals surface area contributed by atoms with Crippen LogP contribution in [0.4, 0.5) is 0 Å². The van der Waals surface area contributed by atoms with Crippen LogP contribution in [0.1, 0.15) is 0 Å². The maximum atomic E-state index is 9.23. The molecule has 5 atom stereocenters. The Bertz CT molecular complexity index is 150. The Hall–Kier alpha value is 0.150. The molecular weight excluding hydrogens is 184 g/mol. The highest BCUT2D eigenvalue weighted by Gasteiger charge is 2.42. The lowest BCUT2D eigenvalue weighted by molar-refractivity contribution is -0.276. The molecule has 0 aliphatic carbocycles.